The summed E-state index contributed by atoms with van der Waals surface area (Å²) >= 11 is 0. The molecule has 4 aliphatic heterocycles. The zero-order valence-electron chi connectivity index (χ0n) is 10.0. The summed E-state index contributed by atoms with van der Waals surface area (Å²) in [5, 5.41) is 7.81. The van der Waals surface area contributed by atoms with Crippen LogP contribution in [0.3, 0.4) is 0 Å². The van der Waals surface area contributed by atoms with E-state index in [1.54, 1.807) is 0 Å². The van der Waals surface area contributed by atoms with Crippen LogP contribution >= 0.6 is 0 Å². The summed E-state index contributed by atoms with van der Waals surface area (Å²) in [6, 6.07) is 0.699. The molecule has 0 N–H and O–H groups in total. The predicted molar refractivity (Wildman–Crippen MR) is 62.8 cm³/mol. The molecule has 0 radical (unpaired) electrons. The fraction of sp³-hybridized carbons (Fsp3) is 0.833. The van der Waals surface area contributed by atoms with Gasteiger partial charge in [0.15, 0.2) is 0 Å². The van der Waals surface area contributed by atoms with Gasteiger partial charge in [-0.15, -0.1) is 5.10 Å². The first kappa shape index (κ1) is 9.88. The topological polar surface area (TPSA) is 45.4 Å². The molecule has 4 saturated heterocycles. The summed E-state index contributed by atoms with van der Waals surface area (Å²) < 4.78 is 5.32. The first-order chi connectivity index (χ1) is 8.36. The fourth-order valence-electron chi connectivity index (χ4n) is 4.03. The van der Waals surface area contributed by atoms with E-state index in [0.29, 0.717) is 11.6 Å². The quantitative estimate of drug-likeness (QED) is 0.729. The standard InChI is InChI=1S/C12H18N4O/c1-4-16-5-2-10(1)7-12(16)3-6-15(8-12)11-14-13-9-17-11/h9-10H,1-8H2. The molecule has 0 amide bonds. The lowest BCUT2D eigenvalue weighted by Gasteiger charge is -2.52. The lowest BCUT2D eigenvalue weighted by Crippen LogP contribution is -2.59. The summed E-state index contributed by atoms with van der Waals surface area (Å²) in [6.45, 7) is 4.72. The predicted octanol–water partition coefficient (Wildman–Crippen LogP) is 1.13. The highest BCUT2D eigenvalue weighted by atomic mass is 16.4. The van der Waals surface area contributed by atoms with Gasteiger partial charge in [-0.25, -0.2) is 0 Å². The second kappa shape index (κ2) is 3.45. The van der Waals surface area contributed by atoms with Crippen LogP contribution in [0, 0.1) is 5.92 Å². The molecule has 1 atom stereocenters. The highest BCUT2D eigenvalue weighted by Gasteiger charge is 2.50. The summed E-state index contributed by atoms with van der Waals surface area (Å²) in [5.41, 5.74) is 0.412. The van der Waals surface area contributed by atoms with Gasteiger partial charge in [-0.3, -0.25) is 4.90 Å². The van der Waals surface area contributed by atoms with Crippen molar-refractivity contribution in [1.29, 1.82) is 0 Å². The average molecular weight is 234 g/mol. The Morgan fingerprint density at radius 1 is 1.29 bits per heavy atom. The average Bonchev–Trinajstić information content (AvgIpc) is 3.00. The van der Waals surface area contributed by atoms with Crippen molar-refractivity contribution in [2.45, 2.75) is 31.2 Å². The van der Waals surface area contributed by atoms with Crippen molar-refractivity contribution in [3.05, 3.63) is 6.39 Å². The number of nitrogens with zero attached hydrogens (tertiary/aromatic N) is 4. The van der Waals surface area contributed by atoms with Gasteiger partial charge in [0.25, 0.3) is 0 Å². The van der Waals surface area contributed by atoms with Crippen LogP contribution in [0.2, 0.25) is 0 Å². The van der Waals surface area contributed by atoms with Crippen LogP contribution in [0.25, 0.3) is 0 Å². The van der Waals surface area contributed by atoms with E-state index < -0.39 is 0 Å². The van der Waals surface area contributed by atoms with Crippen molar-refractivity contribution >= 4 is 6.01 Å². The van der Waals surface area contributed by atoms with Crippen molar-refractivity contribution in [3.63, 3.8) is 0 Å². The maximum absolute atomic E-state index is 5.32. The van der Waals surface area contributed by atoms with Gasteiger partial charge in [-0.1, -0.05) is 5.10 Å². The van der Waals surface area contributed by atoms with Crippen LogP contribution < -0.4 is 4.90 Å². The number of piperidine rings is 3. The van der Waals surface area contributed by atoms with Crippen molar-refractivity contribution in [2.24, 2.45) is 5.92 Å². The molecule has 5 heteroatoms. The van der Waals surface area contributed by atoms with E-state index in [1.165, 1.54) is 45.2 Å². The van der Waals surface area contributed by atoms with Gasteiger partial charge in [0.1, 0.15) is 0 Å². The third-order valence-corrected chi connectivity index (χ3v) is 4.91. The molecule has 0 saturated carbocycles. The normalized spacial score (nSPS) is 40.4. The third kappa shape index (κ3) is 1.41. The Hall–Kier alpha value is -1.10. The summed E-state index contributed by atoms with van der Waals surface area (Å²) in [6.07, 6.45) is 6.86. The van der Waals surface area contributed by atoms with Crippen LogP contribution in [0.5, 0.6) is 0 Å². The molecule has 17 heavy (non-hydrogen) atoms. The van der Waals surface area contributed by atoms with Crippen molar-refractivity contribution in [1.82, 2.24) is 15.1 Å². The summed E-state index contributed by atoms with van der Waals surface area (Å²) in [4.78, 5) is 4.97. The van der Waals surface area contributed by atoms with Crippen LogP contribution in [0.15, 0.2) is 10.8 Å². The Kier molecular flexibility index (Phi) is 2.00. The number of hydrogen-bond acceptors (Lipinski definition) is 5. The molecule has 0 aliphatic carbocycles. The smallest absolute Gasteiger partial charge is 0.317 e. The molecule has 5 nitrogen and oxygen atoms in total. The van der Waals surface area contributed by atoms with Crippen LogP contribution in [0.1, 0.15) is 25.7 Å². The van der Waals surface area contributed by atoms with Crippen LogP contribution in [0.4, 0.5) is 6.01 Å². The maximum atomic E-state index is 5.32. The van der Waals surface area contributed by atoms with E-state index in [9.17, 15) is 0 Å². The Bertz CT molecular complexity index is 399. The van der Waals surface area contributed by atoms with Crippen molar-refractivity contribution < 1.29 is 4.42 Å². The molecule has 92 valence electrons. The molecule has 5 heterocycles. The Balaban J connectivity index is 1.57. The van der Waals surface area contributed by atoms with E-state index in [-0.39, 0.29) is 0 Å². The molecular weight excluding hydrogens is 216 g/mol. The molecule has 5 rings (SSSR count). The largest absolute Gasteiger partial charge is 0.411 e. The van der Waals surface area contributed by atoms with Gasteiger partial charge in [-0.05, 0) is 44.7 Å². The minimum Gasteiger partial charge on any atom is -0.411 e. The van der Waals surface area contributed by atoms with Gasteiger partial charge in [0.05, 0.1) is 0 Å². The van der Waals surface area contributed by atoms with E-state index in [1.807, 2.05) is 0 Å². The number of hydrogen-bond donors (Lipinski definition) is 0. The minimum atomic E-state index is 0.412. The SMILES string of the molecule is c1nnc(N2CCC3(CC4CCN3CC4)C2)o1. The lowest BCUT2D eigenvalue weighted by molar-refractivity contribution is -0.0158. The Labute approximate surface area is 101 Å². The number of aromatic nitrogens is 2. The molecule has 4 fully saturated rings. The Morgan fingerprint density at radius 3 is 2.82 bits per heavy atom. The second-order valence-corrected chi connectivity index (χ2v) is 5.75. The molecular formula is C12H18N4O. The van der Waals surface area contributed by atoms with E-state index in [2.05, 4.69) is 20.0 Å². The van der Waals surface area contributed by atoms with Crippen molar-refractivity contribution in [3.8, 4) is 0 Å². The van der Waals surface area contributed by atoms with E-state index >= 15 is 0 Å². The van der Waals surface area contributed by atoms with Gasteiger partial charge in [0.2, 0.25) is 6.39 Å². The monoisotopic (exact) mass is 234 g/mol. The highest BCUT2D eigenvalue weighted by molar-refractivity contribution is 5.30. The highest BCUT2D eigenvalue weighted by Crippen LogP contribution is 2.44. The molecule has 2 bridgehead atoms. The lowest BCUT2D eigenvalue weighted by atomic mass is 9.74. The van der Waals surface area contributed by atoms with E-state index in [0.717, 1.165) is 19.0 Å². The Morgan fingerprint density at radius 2 is 2.18 bits per heavy atom. The van der Waals surface area contributed by atoms with Crippen LogP contribution in [-0.4, -0.2) is 46.8 Å². The van der Waals surface area contributed by atoms with Gasteiger partial charge in [0, 0.05) is 18.6 Å². The fourth-order valence-corrected chi connectivity index (χ4v) is 4.03. The molecule has 1 spiro atoms. The molecule has 1 aromatic heterocycles. The van der Waals surface area contributed by atoms with E-state index in [4.69, 9.17) is 4.42 Å². The summed E-state index contributed by atoms with van der Waals surface area (Å²) in [7, 11) is 0. The van der Waals surface area contributed by atoms with Crippen molar-refractivity contribution in [2.75, 3.05) is 31.1 Å². The zero-order valence-corrected chi connectivity index (χ0v) is 10.0. The number of anilines is 1. The zero-order chi connectivity index (χ0) is 11.3. The van der Waals surface area contributed by atoms with Gasteiger partial charge >= 0.3 is 6.01 Å². The molecule has 1 aromatic rings. The summed E-state index contributed by atoms with van der Waals surface area (Å²) in [5.74, 6) is 0.961. The first-order valence-corrected chi connectivity index (χ1v) is 6.62. The number of fused-ring (bicyclic) bond motifs is 2. The number of rotatable bonds is 1. The van der Waals surface area contributed by atoms with Crippen LogP contribution in [-0.2, 0) is 0 Å². The van der Waals surface area contributed by atoms with Gasteiger partial charge in [-0.2, -0.15) is 0 Å². The molecule has 0 aromatic carbocycles. The third-order valence-electron chi connectivity index (χ3n) is 4.91. The molecule has 1 unspecified atom stereocenters. The first-order valence-electron chi connectivity index (χ1n) is 6.62. The molecule has 4 aliphatic rings. The second-order valence-electron chi connectivity index (χ2n) is 5.75. The minimum absolute atomic E-state index is 0.412. The maximum Gasteiger partial charge on any atom is 0.317 e. The van der Waals surface area contributed by atoms with Gasteiger partial charge < -0.3 is 9.32 Å².